The van der Waals surface area contributed by atoms with Crippen LogP contribution in [0.15, 0.2) is 52.5 Å². The first-order chi connectivity index (χ1) is 14.6. The number of hydrogen-bond donors (Lipinski definition) is 2. The molecular formula is C22H30ClN5OS. The Bertz CT molecular complexity index is 817. The lowest BCUT2D eigenvalue weighted by atomic mass is 10.2. The Morgan fingerprint density at radius 1 is 1.30 bits per heavy atom. The van der Waals surface area contributed by atoms with Crippen molar-refractivity contribution < 1.29 is 4.74 Å². The number of nitrogens with one attached hydrogen (secondary N) is 2. The molecule has 1 aliphatic rings. The van der Waals surface area contributed by atoms with Crippen LogP contribution in [0.25, 0.3) is 0 Å². The molecule has 1 atom stereocenters. The first-order valence-corrected chi connectivity index (χ1v) is 11.7. The summed E-state index contributed by atoms with van der Waals surface area (Å²) < 4.78 is 5.63. The number of benzene rings is 1. The summed E-state index contributed by atoms with van der Waals surface area (Å²) in [6, 6.07) is 12.1. The number of hydrogen-bond acceptors (Lipinski definition) is 5. The van der Waals surface area contributed by atoms with E-state index in [0.29, 0.717) is 6.54 Å². The van der Waals surface area contributed by atoms with E-state index < -0.39 is 0 Å². The minimum atomic E-state index is 0.234. The molecule has 162 valence electrons. The number of halogens is 1. The Balaban J connectivity index is 1.51. The van der Waals surface area contributed by atoms with Crippen LogP contribution in [0, 0.1) is 0 Å². The number of ether oxygens (including phenoxy) is 1. The van der Waals surface area contributed by atoms with Crippen LogP contribution in [0.5, 0.6) is 0 Å². The van der Waals surface area contributed by atoms with Crippen LogP contribution < -0.4 is 15.5 Å². The molecule has 1 aromatic heterocycles. The zero-order valence-electron chi connectivity index (χ0n) is 17.6. The van der Waals surface area contributed by atoms with Gasteiger partial charge >= 0.3 is 0 Å². The van der Waals surface area contributed by atoms with Crippen molar-refractivity contribution in [2.24, 2.45) is 4.99 Å². The van der Waals surface area contributed by atoms with Crippen LogP contribution in [0.4, 0.5) is 5.82 Å². The number of aliphatic imine (C=N–C) groups is 1. The maximum atomic E-state index is 5.94. The molecule has 0 radical (unpaired) electrons. The van der Waals surface area contributed by atoms with Crippen molar-refractivity contribution in [1.29, 1.82) is 0 Å². The summed E-state index contributed by atoms with van der Waals surface area (Å²) in [6.07, 6.45) is 2.10. The molecule has 3 rings (SSSR count). The third-order valence-electron chi connectivity index (χ3n) is 4.62. The summed E-state index contributed by atoms with van der Waals surface area (Å²) in [4.78, 5) is 12.8. The highest BCUT2D eigenvalue weighted by Gasteiger charge is 2.17. The molecule has 0 amide bonds. The van der Waals surface area contributed by atoms with Gasteiger partial charge in [0.1, 0.15) is 5.82 Å². The van der Waals surface area contributed by atoms with Crippen LogP contribution in [0.3, 0.4) is 0 Å². The number of morpholine rings is 1. The van der Waals surface area contributed by atoms with E-state index in [1.165, 1.54) is 4.90 Å². The summed E-state index contributed by atoms with van der Waals surface area (Å²) in [5.74, 6) is 2.77. The SMILES string of the molecule is CCNC(=NCc1ccnc(N2CCOC(C)C2)c1)NCCSc1ccc(Cl)cc1. The van der Waals surface area contributed by atoms with Crippen molar-refractivity contribution >= 4 is 35.1 Å². The van der Waals surface area contributed by atoms with Gasteiger partial charge in [0.2, 0.25) is 0 Å². The summed E-state index contributed by atoms with van der Waals surface area (Å²) in [5.41, 5.74) is 1.15. The predicted octanol–water partition coefficient (Wildman–Crippen LogP) is 3.81. The number of rotatable bonds is 8. The van der Waals surface area contributed by atoms with Crippen LogP contribution in [-0.4, -0.2) is 55.6 Å². The lowest BCUT2D eigenvalue weighted by molar-refractivity contribution is 0.0529. The van der Waals surface area contributed by atoms with Gasteiger partial charge in [-0.1, -0.05) is 11.6 Å². The van der Waals surface area contributed by atoms with E-state index >= 15 is 0 Å². The quantitative estimate of drug-likeness (QED) is 0.278. The Kier molecular flexibility index (Phi) is 9.11. The maximum Gasteiger partial charge on any atom is 0.191 e. The lowest BCUT2D eigenvalue weighted by Gasteiger charge is -2.32. The molecule has 1 aliphatic heterocycles. The minimum absolute atomic E-state index is 0.234. The van der Waals surface area contributed by atoms with Gasteiger partial charge < -0.3 is 20.3 Å². The van der Waals surface area contributed by atoms with Gasteiger partial charge in [-0.25, -0.2) is 9.98 Å². The highest BCUT2D eigenvalue weighted by atomic mass is 35.5. The molecule has 1 aromatic carbocycles. The zero-order chi connectivity index (χ0) is 21.2. The molecule has 0 aliphatic carbocycles. The number of pyridine rings is 1. The summed E-state index contributed by atoms with van der Waals surface area (Å²) in [5, 5.41) is 7.48. The Hall–Kier alpha value is -1.96. The van der Waals surface area contributed by atoms with E-state index in [9.17, 15) is 0 Å². The van der Waals surface area contributed by atoms with Crippen LogP contribution >= 0.6 is 23.4 Å². The molecule has 0 bridgehead atoms. The molecule has 2 N–H and O–H groups in total. The Morgan fingerprint density at radius 2 is 2.13 bits per heavy atom. The third-order valence-corrected chi connectivity index (χ3v) is 5.88. The molecule has 0 saturated carbocycles. The van der Waals surface area contributed by atoms with Crippen LogP contribution in [0.1, 0.15) is 19.4 Å². The summed E-state index contributed by atoms with van der Waals surface area (Å²) in [7, 11) is 0. The zero-order valence-corrected chi connectivity index (χ0v) is 19.2. The van der Waals surface area contributed by atoms with Crippen LogP contribution in [0.2, 0.25) is 5.02 Å². The van der Waals surface area contributed by atoms with E-state index in [1.54, 1.807) is 11.8 Å². The van der Waals surface area contributed by atoms with Gasteiger partial charge in [-0.2, -0.15) is 0 Å². The van der Waals surface area contributed by atoms with Crippen molar-refractivity contribution in [3.05, 3.63) is 53.2 Å². The van der Waals surface area contributed by atoms with Gasteiger partial charge in [-0.15, -0.1) is 11.8 Å². The minimum Gasteiger partial charge on any atom is -0.375 e. The average Bonchev–Trinajstić information content (AvgIpc) is 2.76. The second-order valence-electron chi connectivity index (χ2n) is 7.07. The Labute approximate surface area is 188 Å². The smallest absolute Gasteiger partial charge is 0.191 e. The standard InChI is InChI=1S/C22H30ClN5OS/c1-3-24-22(26-10-13-30-20-6-4-19(23)5-7-20)27-15-18-8-9-25-21(14-18)28-11-12-29-17(2)16-28/h4-9,14,17H,3,10-13,15-16H2,1-2H3,(H2,24,26,27). The fourth-order valence-corrected chi connectivity index (χ4v) is 4.03. The van der Waals surface area contributed by atoms with Crippen molar-refractivity contribution in [3.63, 3.8) is 0 Å². The molecule has 8 heteroatoms. The molecule has 1 fully saturated rings. The van der Waals surface area contributed by atoms with E-state index in [0.717, 1.165) is 60.9 Å². The summed E-state index contributed by atoms with van der Waals surface area (Å²) >= 11 is 7.73. The molecular weight excluding hydrogens is 418 g/mol. The monoisotopic (exact) mass is 447 g/mol. The van der Waals surface area contributed by atoms with E-state index in [1.807, 2.05) is 36.5 Å². The molecule has 30 heavy (non-hydrogen) atoms. The third kappa shape index (κ3) is 7.38. The van der Waals surface area contributed by atoms with Crippen molar-refractivity contribution in [3.8, 4) is 0 Å². The van der Waals surface area contributed by atoms with E-state index in [-0.39, 0.29) is 6.10 Å². The van der Waals surface area contributed by atoms with Gasteiger partial charge in [-0.05, 0) is 55.8 Å². The topological polar surface area (TPSA) is 61.8 Å². The van der Waals surface area contributed by atoms with Crippen molar-refractivity contribution in [2.75, 3.05) is 43.4 Å². The number of thioether (sulfide) groups is 1. The first-order valence-electron chi connectivity index (χ1n) is 10.4. The van der Waals surface area contributed by atoms with Gasteiger partial charge in [0, 0.05) is 48.0 Å². The second kappa shape index (κ2) is 12.0. The molecule has 0 spiro atoms. The highest BCUT2D eigenvalue weighted by Crippen LogP contribution is 2.20. The molecule has 1 unspecified atom stereocenters. The first kappa shape index (κ1) is 22.7. The van der Waals surface area contributed by atoms with Gasteiger partial charge in [0.05, 0.1) is 19.3 Å². The lowest BCUT2D eigenvalue weighted by Crippen LogP contribution is -2.41. The van der Waals surface area contributed by atoms with E-state index in [4.69, 9.17) is 21.3 Å². The van der Waals surface area contributed by atoms with Gasteiger partial charge in [0.25, 0.3) is 0 Å². The van der Waals surface area contributed by atoms with Crippen molar-refractivity contribution in [1.82, 2.24) is 15.6 Å². The number of nitrogens with zero attached hydrogens (tertiary/aromatic N) is 3. The highest BCUT2D eigenvalue weighted by molar-refractivity contribution is 7.99. The molecule has 6 nitrogen and oxygen atoms in total. The van der Waals surface area contributed by atoms with Gasteiger partial charge in [-0.3, -0.25) is 0 Å². The van der Waals surface area contributed by atoms with Gasteiger partial charge in [0.15, 0.2) is 5.96 Å². The fourth-order valence-electron chi connectivity index (χ4n) is 3.14. The number of anilines is 1. The Morgan fingerprint density at radius 3 is 2.90 bits per heavy atom. The molecule has 1 saturated heterocycles. The molecule has 2 aromatic rings. The summed E-state index contributed by atoms with van der Waals surface area (Å²) in [6.45, 7) is 8.91. The number of aromatic nitrogens is 1. The van der Waals surface area contributed by atoms with Crippen molar-refractivity contribution in [2.45, 2.75) is 31.4 Å². The van der Waals surface area contributed by atoms with Crippen LogP contribution in [-0.2, 0) is 11.3 Å². The maximum absolute atomic E-state index is 5.94. The largest absolute Gasteiger partial charge is 0.375 e. The molecule has 2 heterocycles. The average molecular weight is 448 g/mol. The fraction of sp³-hybridized carbons (Fsp3) is 0.455. The second-order valence-corrected chi connectivity index (χ2v) is 8.68. The predicted molar refractivity (Wildman–Crippen MR) is 127 cm³/mol. The number of guanidine groups is 1. The van der Waals surface area contributed by atoms with E-state index in [2.05, 4.69) is 40.4 Å². The normalized spacial score (nSPS) is 17.1.